The Morgan fingerprint density at radius 2 is 1.74 bits per heavy atom. The lowest BCUT2D eigenvalue weighted by molar-refractivity contribution is -0.323. The van der Waals surface area contributed by atoms with Crippen LogP contribution in [0.3, 0.4) is 0 Å². The topological polar surface area (TPSA) is 44.8 Å². The third-order valence-corrected chi connectivity index (χ3v) is 2.10. The molecule has 1 fully saturated rings. The molecule has 0 radical (unpaired) electrons. The first-order valence-corrected chi connectivity index (χ1v) is 4.84. The normalized spacial score (nSPS) is 24.6. The van der Waals surface area contributed by atoms with Gasteiger partial charge in [-0.1, -0.05) is 6.08 Å². The molecule has 1 saturated heterocycles. The van der Waals surface area contributed by atoms with Crippen LogP contribution in [0.5, 0.6) is 0 Å². The van der Waals surface area contributed by atoms with Crippen LogP contribution in [0, 0.1) is 0 Å². The maximum absolute atomic E-state index is 12.1. The summed E-state index contributed by atoms with van der Waals surface area (Å²) in [5.74, 6) is -1.80. The van der Waals surface area contributed by atoms with Gasteiger partial charge in [0.05, 0.1) is 0 Å². The fourth-order valence-electron chi connectivity index (χ4n) is 1.21. The quantitative estimate of drug-likeness (QED) is 0.347. The molecule has 110 valence electrons. The molecule has 0 saturated carbocycles. The highest BCUT2D eigenvalue weighted by Crippen LogP contribution is 2.36. The second kappa shape index (κ2) is 5.37. The van der Waals surface area contributed by atoms with E-state index in [1.54, 1.807) is 0 Å². The molecule has 0 unspecified atom stereocenters. The lowest BCUT2D eigenvalue weighted by Gasteiger charge is -2.23. The van der Waals surface area contributed by atoms with E-state index in [-0.39, 0.29) is 6.42 Å². The Bertz CT molecular complexity index is 336. The number of hydrogen-bond acceptors (Lipinski definition) is 4. The Morgan fingerprint density at radius 1 is 1.21 bits per heavy atom. The van der Waals surface area contributed by atoms with E-state index in [2.05, 4.69) is 21.1 Å². The maximum atomic E-state index is 12.1. The SMILES string of the molecule is C=C[C@@H]1C[C@@H](C(=O)OC(C(F)(F)F)C(F)(F)F)OO1. The van der Waals surface area contributed by atoms with Gasteiger partial charge in [-0.2, -0.15) is 26.3 Å². The summed E-state index contributed by atoms with van der Waals surface area (Å²) in [4.78, 5) is 19.8. The minimum absolute atomic E-state index is 0.273. The van der Waals surface area contributed by atoms with Gasteiger partial charge in [-0.25, -0.2) is 14.6 Å². The zero-order valence-corrected chi connectivity index (χ0v) is 9.12. The molecule has 0 aromatic rings. The predicted molar refractivity (Wildman–Crippen MR) is 46.6 cm³/mol. The summed E-state index contributed by atoms with van der Waals surface area (Å²) in [6.07, 6.45) is -17.3. The fraction of sp³-hybridized carbons (Fsp3) is 0.667. The minimum Gasteiger partial charge on any atom is -0.441 e. The molecule has 4 nitrogen and oxygen atoms in total. The van der Waals surface area contributed by atoms with Gasteiger partial charge in [0, 0.05) is 6.42 Å². The van der Waals surface area contributed by atoms with E-state index in [9.17, 15) is 31.1 Å². The van der Waals surface area contributed by atoms with Crippen molar-refractivity contribution in [3.8, 4) is 0 Å². The number of rotatable bonds is 3. The van der Waals surface area contributed by atoms with Gasteiger partial charge in [0.15, 0.2) is 6.10 Å². The monoisotopic (exact) mass is 294 g/mol. The average molecular weight is 294 g/mol. The van der Waals surface area contributed by atoms with Crippen molar-refractivity contribution in [3.05, 3.63) is 12.7 Å². The van der Waals surface area contributed by atoms with Crippen molar-refractivity contribution in [2.75, 3.05) is 0 Å². The van der Waals surface area contributed by atoms with Crippen LogP contribution in [-0.4, -0.2) is 36.6 Å². The number of esters is 1. The molecule has 0 amide bonds. The van der Waals surface area contributed by atoms with Crippen LogP contribution >= 0.6 is 0 Å². The van der Waals surface area contributed by atoms with E-state index in [1.807, 2.05) is 0 Å². The van der Waals surface area contributed by atoms with Gasteiger partial charge in [-0.3, -0.25) is 0 Å². The van der Waals surface area contributed by atoms with Crippen molar-refractivity contribution >= 4 is 5.97 Å². The maximum Gasteiger partial charge on any atom is 0.434 e. The van der Waals surface area contributed by atoms with E-state index in [1.165, 1.54) is 6.08 Å². The summed E-state index contributed by atoms with van der Waals surface area (Å²) in [5, 5.41) is 0. The first-order chi connectivity index (χ1) is 8.55. The van der Waals surface area contributed by atoms with Crippen molar-refractivity contribution in [1.82, 2.24) is 0 Å². The second-order valence-electron chi connectivity index (χ2n) is 3.59. The largest absolute Gasteiger partial charge is 0.441 e. The van der Waals surface area contributed by atoms with Gasteiger partial charge in [0.2, 0.25) is 0 Å². The average Bonchev–Trinajstić information content (AvgIpc) is 2.70. The van der Waals surface area contributed by atoms with Gasteiger partial charge >= 0.3 is 18.3 Å². The molecular formula is C9H8F6O4. The molecule has 0 bridgehead atoms. The van der Waals surface area contributed by atoms with Gasteiger partial charge in [0.1, 0.15) is 6.10 Å². The lowest BCUT2D eigenvalue weighted by atomic mass is 10.2. The van der Waals surface area contributed by atoms with E-state index >= 15 is 0 Å². The van der Waals surface area contributed by atoms with Crippen LogP contribution < -0.4 is 0 Å². The Kier molecular flexibility index (Phi) is 4.46. The number of ether oxygens (including phenoxy) is 1. The molecule has 0 aromatic heterocycles. The molecule has 0 aromatic carbocycles. The number of alkyl halides is 6. The minimum atomic E-state index is -5.76. The Morgan fingerprint density at radius 3 is 2.11 bits per heavy atom. The summed E-state index contributed by atoms with van der Waals surface area (Å²) < 4.78 is 76.2. The summed E-state index contributed by atoms with van der Waals surface area (Å²) >= 11 is 0. The molecule has 0 aliphatic carbocycles. The van der Waals surface area contributed by atoms with Gasteiger partial charge in [-0.15, -0.1) is 6.58 Å². The van der Waals surface area contributed by atoms with Crippen LogP contribution in [0.4, 0.5) is 26.3 Å². The van der Waals surface area contributed by atoms with E-state index < -0.39 is 36.6 Å². The highest BCUT2D eigenvalue weighted by Gasteiger charge is 2.60. The summed E-state index contributed by atoms with van der Waals surface area (Å²) in [7, 11) is 0. The summed E-state index contributed by atoms with van der Waals surface area (Å²) in [6, 6.07) is 0. The molecule has 1 heterocycles. The molecule has 0 N–H and O–H groups in total. The van der Waals surface area contributed by atoms with Crippen molar-refractivity contribution in [3.63, 3.8) is 0 Å². The number of carbonyl (C=O) groups excluding carboxylic acids is 1. The molecule has 10 heteroatoms. The number of carbonyl (C=O) groups is 1. The summed E-state index contributed by atoms with van der Waals surface area (Å²) in [6.45, 7) is 3.26. The lowest BCUT2D eigenvalue weighted by Crippen LogP contribution is -2.47. The molecule has 1 aliphatic heterocycles. The Labute approximate surface area is 102 Å². The van der Waals surface area contributed by atoms with Gasteiger partial charge in [-0.05, 0) is 0 Å². The standard InChI is InChI=1S/C9H8F6O4/c1-2-4-3-5(19-18-4)6(16)17-7(8(10,11)12)9(13,14)15/h2,4-5,7H,1,3H2/t4-,5+/m1/s1. The van der Waals surface area contributed by atoms with E-state index in [0.717, 1.165) is 0 Å². The van der Waals surface area contributed by atoms with Crippen LogP contribution in [0.1, 0.15) is 6.42 Å². The predicted octanol–water partition coefficient (Wildman–Crippen LogP) is 2.30. The Balaban J connectivity index is 2.70. The highest BCUT2D eigenvalue weighted by molar-refractivity contribution is 5.75. The number of halogens is 6. The molecule has 2 atom stereocenters. The molecular weight excluding hydrogens is 286 g/mol. The zero-order chi connectivity index (χ0) is 14.8. The van der Waals surface area contributed by atoms with Crippen LogP contribution in [0.25, 0.3) is 0 Å². The van der Waals surface area contributed by atoms with Crippen molar-refractivity contribution in [1.29, 1.82) is 0 Å². The van der Waals surface area contributed by atoms with E-state index in [4.69, 9.17) is 0 Å². The smallest absolute Gasteiger partial charge is 0.434 e. The first kappa shape index (κ1) is 15.8. The van der Waals surface area contributed by atoms with Crippen molar-refractivity contribution in [2.24, 2.45) is 0 Å². The zero-order valence-electron chi connectivity index (χ0n) is 9.12. The van der Waals surface area contributed by atoms with E-state index in [0.29, 0.717) is 0 Å². The number of hydrogen-bond donors (Lipinski definition) is 0. The van der Waals surface area contributed by atoms with Crippen molar-refractivity contribution < 1.29 is 45.6 Å². The molecule has 0 spiro atoms. The highest BCUT2D eigenvalue weighted by atomic mass is 19.4. The molecule has 1 aliphatic rings. The van der Waals surface area contributed by atoms with Crippen molar-refractivity contribution in [2.45, 2.75) is 37.1 Å². The van der Waals surface area contributed by atoms with Crippen LogP contribution in [0.2, 0.25) is 0 Å². The van der Waals surface area contributed by atoms with Crippen LogP contribution in [0.15, 0.2) is 12.7 Å². The molecule has 19 heavy (non-hydrogen) atoms. The molecule has 1 rings (SSSR count). The second-order valence-corrected chi connectivity index (χ2v) is 3.59. The fourth-order valence-corrected chi connectivity index (χ4v) is 1.21. The van der Waals surface area contributed by atoms with Gasteiger partial charge < -0.3 is 4.74 Å². The third-order valence-electron chi connectivity index (χ3n) is 2.10. The Hall–Kier alpha value is -1.29. The third kappa shape index (κ3) is 4.10. The van der Waals surface area contributed by atoms with Gasteiger partial charge in [0.25, 0.3) is 6.10 Å². The van der Waals surface area contributed by atoms with Crippen LogP contribution in [-0.2, 0) is 19.3 Å². The first-order valence-electron chi connectivity index (χ1n) is 4.84. The summed E-state index contributed by atoms with van der Waals surface area (Å²) in [5.41, 5.74) is 0.